The lowest BCUT2D eigenvalue weighted by Crippen LogP contribution is -2.31. The van der Waals surface area contributed by atoms with Crippen molar-refractivity contribution in [3.05, 3.63) is 40.9 Å². The lowest BCUT2D eigenvalue weighted by Gasteiger charge is -2.30. The molecule has 1 aliphatic carbocycles. The van der Waals surface area contributed by atoms with Crippen molar-refractivity contribution < 1.29 is 23.0 Å². The topological polar surface area (TPSA) is 29.5 Å². The van der Waals surface area contributed by atoms with Gasteiger partial charge in [0, 0.05) is 12.0 Å². The second-order valence-corrected chi connectivity index (χ2v) is 6.92. The first-order valence-corrected chi connectivity index (χ1v) is 8.81. The van der Waals surface area contributed by atoms with Gasteiger partial charge in [0.05, 0.1) is 17.0 Å². The summed E-state index contributed by atoms with van der Waals surface area (Å²) >= 11 is 6.47. The minimum absolute atomic E-state index is 0.0573. The minimum Gasteiger partial charge on any atom is -0.489 e. The van der Waals surface area contributed by atoms with Gasteiger partial charge in [-0.15, -0.1) is 0 Å². The molecule has 0 atom stereocenters. The van der Waals surface area contributed by atoms with Crippen LogP contribution in [0.5, 0.6) is 5.75 Å². The van der Waals surface area contributed by atoms with E-state index in [1.807, 2.05) is 24.3 Å². The molecule has 1 N–H and O–H groups in total. The number of rotatable bonds is 4. The van der Waals surface area contributed by atoms with E-state index in [4.69, 9.17) is 21.4 Å². The van der Waals surface area contributed by atoms with Gasteiger partial charge in [-0.25, -0.2) is 0 Å². The quantitative estimate of drug-likeness (QED) is 0.764. The smallest absolute Gasteiger partial charge is 0.391 e. The van der Waals surface area contributed by atoms with Gasteiger partial charge in [-0.1, -0.05) is 29.8 Å². The summed E-state index contributed by atoms with van der Waals surface area (Å²) in [7, 11) is 0. The Morgan fingerprint density at radius 3 is 2.40 bits per heavy atom. The Balaban J connectivity index is 1.75. The van der Waals surface area contributed by atoms with Gasteiger partial charge in [0.2, 0.25) is 0 Å². The van der Waals surface area contributed by atoms with Crippen LogP contribution < -0.4 is 4.74 Å². The summed E-state index contributed by atoms with van der Waals surface area (Å²) in [6.07, 6.45) is -2.87. The molecular formula is C19H20ClF3O2. The number of hydrogen-bond acceptors (Lipinski definition) is 2. The zero-order valence-electron chi connectivity index (χ0n) is 13.7. The van der Waals surface area contributed by atoms with Crippen molar-refractivity contribution in [3.8, 4) is 5.75 Å². The predicted molar refractivity (Wildman–Crippen MR) is 92.2 cm³/mol. The average molecular weight is 373 g/mol. The molecule has 0 spiro atoms. The third kappa shape index (κ3) is 4.21. The van der Waals surface area contributed by atoms with Crippen LogP contribution in [0.1, 0.15) is 31.2 Å². The van der Waals surface area contributed by atoms with Crippen molar-refractivity contribution in [2.24, 2.45) is 5.92 Å². The highest BCUT2D eigenvalue weighted by atomic mass is 35.5. The van der Waals surface area contributed by atoms with Crippen LogP contribution in [0.4, 0.5) is 13.2 Å². The molecule has 0 saturated heterocycles. The molecule has 0 unspecified atom stereocenters. The largest absolute Gasteiger partial charge is 0.489 e. The molecule has 1 saturated carbocycles. The fourth-order valence-electron chi connectivity index (χ4n) is 3.37. The molecule has 0 aromatic heterocycles. The maximum atomic E-state index is 12.8. The van der Waals surface area contributed by atoms with E-state index in [0.717, 1.165) is 16.3 Å². The Kier molecular flexibility index (Phi) is 5.44. The lowest BCUT2D eigenvalue weighted by atomic mass is 9.87. The van der Waals surface area contributed by atoms with Crippen molar-refractivity contribution in [2.75, 3.05) is 6.61 Å². The summed E-state index contributed by atoms with van der Waals surface area (Å²) in [6, 6.07) is 9.45. The van der Waals surface area contributed by atoms with Gasteiger partial charge >= 0.3 is 6.18 Å². The molecule has 0 heterocycles. The number of alkyl halides is 3. The first kappa shape index (κ1) is 18.3. The zero-order chi connectivity index (χ0) is 18.0. The van der Waals surface area contributed by atoms with Crippen LogP contribution in [0.15, 0.2) is 30.3 Å². The van der Waals surface area contributed by atoms with E-state index in [9.17, 15) is 13.2 Å². The Hall–Kier alpha value is -1.46. The van der Waals surface area contributed by atoms with Crippen LogP contribution in [0.2, 0.25) is 5.02 Å². The summed E-state index contributed by atoms with van der Waals surface area (Å²) in [6.45, 7) is 0.0573. The van der Waals surface area contributed by atoms with Crippen LogP contribution in [0.3, 0.4) is 0 Å². The van der Waals surface area contributed by atoms with E-state index in [0.29, 0.717) is 30.0 Å². The lowest BCUT2D eigenvalue weighted by molar-refractivity contribution is -0.185. The summed E-state index contributed by atoms with van der Waals surface area (Å²) in [5, 5.41) is 11.3. The van der Waals surface area contributed by atoms with Crippen LogP contribution in [0.25, 0.3) is 10.8 Å². The SMILES string of the molecule is OCCc1ccc2ccc(O[C@H]3CC[C@@H](C(F)(F)F)CC3)c(Cl)c2c1. The molecule has 0 bridgehead atoms. The van der Waals surface area contributed by atoms with E-state index in [2.05, 4.69) is 0 Å². The van der Waals surface area contributed by atoms with E-state index in [1.165, 1.54) is 0 Å². The highest BCUT2D eigenvalue weighted by Crippen LogP contribution is 2.40. The molecular weight excluding hydrogens is 353 g/mol. The third-order valence-electron chi connectivity index (χ3n) is 4.82. The average Bonchev–Trinajstić information content (AvgIpc) is 2.58. The Morgan fingerprint density at radius 1 is 1.08 bits per heavy atom. The van der Waals surface area contributed by atoms with Crippen LogP contribution in [-0.2, 0) is 6.42 Å². The van der Waals surface area contributed by atoms with Gasteiger partial charge < -0.3 is 9.84 Å². The first-order valence-electron chi connectivity index (χ1n) is 8.44. The van der Waals surface area contributed by atoms with Gasteiger partial charge in [0.15, 0.2) is 0 Å². The Bertz CT molecular complexity index is 737. The molecule has 1 fully saturated rings. The molecule has 136 valence electrons. The van der Waals surface area contributed by atoms with E-state index >= 15 is 0 Å². The van der Waals surface area contributed by atoms with E-state index in [1.54, 1.807) is 6.07 Å². The van der Waals surface area contributed by atoms with Gasteiger partial charge in [0.25, 0.3) is 0 Å². The maximum absolute atomic E-state index is 12.8. The minimum atomic E-state index is -4.12. The number of fused-ring (bicyclic) bond motifs is 1. The summed E-state index contributed by atoms with van der Waals surface area (Å²) < 4.78 is 44.2. The summed E-state index contributed by atoms with van der Waals surface area (Å²) in [5.74, 6) is -0.716. The van der Waals surface area contributed by atoms with Crippen molar-refractivity contribution in [1.29, 1.82) is 0 Å². The Labute approximate surface area is 149 Å². The highest BCUT2D eigenvalue weighted by Gasteiger charge is 2.41. The molecule has 0 amide bonds. The third-order valence-corrected chi connectivity index (χ3v) is 5.21. The fourth-order valence-corrected chi connectivity index (χ4v) is 3.64. The van der Waals surface area contributed by atoms with Crippen LogP contribution in [-0.4, -0.2) is 24.0 Å². The molecule has 2 nitrogen and oxygen atoms in total. The molecule has 0 radical (unpaired) electrons. The van der Waals surface area contributed by atoms with Gasteiger partial charge in [-0.3, -0.25) is 0 Å². The fraction of sp³-hybridized carbons (Fsp3) is 0.474. The number of benzene rings is 2. The van der Waals surface area contributed by atoms with Gasteiger partial charge in [-0.2, -0.15) is 13.2 Å². The second-order valence-electron chi connectivity index (χ2n) is 6.54. The maximum Gasteiger partial charge on any atom is 0.391 e. The molecule has 3 rings (SSSR count). The highest BCUT2D eigenvalue weighted by molar-refractivity contribution is 6.37. The number of hydrogen-bond donors (Lipinski definition) is 1. The van der Waals surface area contributed by atoms with Gasteiger partial charge in [0.1, 0.15) is 5.75 Å². The predicted octanol–water partition coefficient (Wildman–Crippen LogP) is 5.53. The number of halogens is 4. The standard InChI is InChI=1S/C19H20ClF3O2/c20-18-16-11-12(9-10-24)1-2-13(16)3-8-17(18)25-15-6-4-14(5-7-15)19(21,22)23/h1-3,8,11,14-15,24H,4-7,9-10H2/t14-,15+. The molecule has 25 heavy (non-hydrogen) atoms. The normalized spacial score (nSPS) is 21.5. The molecule has 0 aliphatic heterocycles. The van der Waals surface area contributed by atoms with Crippen molar-refractivity contribution in [2.45, 2.75) is 44.4 Å². The number of ether oxygens (including phenoxy) is 1. The van der Waals surface area contributed by atoms with E-state index in [-0.39, 0.29) is 25.6 Å². The van der Waals surface area contributed by atoms with Crippen LogP contribution >= 0.6 is 11.6 Å². The van der Waals surface area contributed by atoms with E-state index < -0.39 is 12.1 Å². The van der Waals surface area contributed by atoms with Crippen molar-refractivity contribution >= 4 is 22.4 Å². The second kappa shape index (κ2) is 7.42. The number of aliphatic hydroxyl groups is 1. The molecule has 2 aromatic carbocycles. The van der Waals surface area contributed by atoms with Crippen LogP contribution in [0, 0.1) is 5.92 Å². The van der Waals surface area contributed by atoms with Crippen molar-refractivity contribution in [3.63, 3.8) is 0 Å². The van der Waals surface area contributed by atoms with Crippen molar-refractivity contribution in [1.82, 2.24) is 0 Å². The zero-order valence-corrected chi connectivity index (χ0v) is 14.4. The summed E-state index contributed by atoms with van der Waals surface area (Å²) in [5.41, 5.74) is 0.972. The Morgan fingerprint density at radius 2 is 1.76 bits per heavy atom. The molecule has 2 aromatic rings. The first-order chi connectivity index (χ1) is 11.9. The molecule has 6 heteroatoms. The van der Waals surface area contributed by atoms with Gasteiger partial charge in [-0.05, 0) is 55.2 Å². The molecule has 1 aliphatic rings. The monoisotopic (exact) mass is 372 g/mol. The number of aliphatic hydroxyl groups excluding tert-OH is 1. The summed E-state index contributed by atoms with van der Waals surface area (Å²) in [4.78, 5) is 0.